The van der Waals surface area contributed by atoms with Gasteiger partial charge in [0.1, 0.15) is 5.75 Å². The predicted octanol–water partition coefficient (Wildman–Crippen LogP) is 2.00. The third-order valence-electron chi connectivity index (χ3n) is 4.31. The van der Waals surface area contributed by atoms with Crippen LogP contribution in [0, 0.1) is 5.92 Å². The van der Waals surface area contributed by atoms with Crippen LogP contribution in [-0.4, -0.2) is 54.0 Å². The Kier molecular flexibility index (Phi) is 4.59. The van der Waals surface area contributed by atoms with Crippen LogP contribution in [0.15, 0.2) is 24.3 Å². The molecule has 0 spiro atoms. The molecule has 0 bridgehead atoms. The zero-order chi connectivity index (χ0) is 18.2. The second-order valence-corrected chi connectivity index (χ2v) is 6.02. The van der Waals surface area contributed by atoms with Crippen molar-refractivity contribution in [1.29, 1.82) is 0 Å². The first-order valence-electron chi connectivity index (χ1n) is 7.74. The second kappa shape index (κ2) is 6.55. The van der Waals surface area contributed by atoms with Gasteiger partial charge in [-0.3, -0.25) is 4.79 Å². The molecule has 0 unspecified atom stereocenters. The number of carbonyl (C=O) groups excluding carboxylic acids is 1. The number of hydrogen-bond acceptors (Lipinski definition) is 4. The summed E-state index contributed by atoms with van der Waals surface area (Å²) in [5.74, 6) is -2.54. The van der Waals surface area contributed by atoms with E-state index in [1.807, 2.05) is 0 Å². The summed E-state index contributed by atoms with van der Waals surface area (Å²) in [6, 6.07) is 5.76. The van der Waals surface area contributed by atoms with Gasteiger partial charge < -0.3 is 19.5 Å². The summed E-state index contributed by atoms with van der Waals surface area (Å²) in [4.78, 5) is 24.9. The topological polar surface area (TPSA) is 76.1 Å². The van der Waals surface area contributed by atoms with Crippen LogP contribution in [0.3, 0.4) is 0 Å². The lowest BCUT2D eigenvalue weighted by Gasteiger charge is -2.31. The summed E-state index contributed by atoms with van der Waals surface area (Å²) in [6.45, 7) is 0.332. The molecule has 1 aromatic rings. The van der Waals surface area contributed by atoms with Gasteiger partial charge in [0, 0.05) is 12.5 Å². The Morgan fingerprint density at radius 2 is 2.00 bits per heavy atom. The molecular weight excluding hydrogens is 343 g/mol. The molecule has 6 nitrogen and oxygen atoms in total. The van der Waals surface area contributed by atoms with Gasteiger partial charge in [0.25, 0.3) is 0 Å². The maximum atomic E-state index is 12.5. The maximum Gasteiger partial charge on any atom is 0.573 e. The number of carboxylic acids is 1. The molecule has 136 valence electrons. The van der Waals surface area contributed by atoms with Crippen molar-refractivity contribution in [3.05, 3.63) is 29.8 Å². The number of morpholine rings is 1. The van der Waals surface area contributed by atoms with Crippen molar-refractivity contribution < 1.29 is 37.3 Å². The van der Waals surface area contributed by atoms with Crippen LogP contribution < -0.4 is 4.74 Å². The number of ether oxygens (including phenoxy) is 2. The number of benzene rings is 1. The van der Waals surface area contributed by atoms with Gasteiger partial charge in [-0.25, -0.2) is 4.79 Å². The lowest BCUT2D eigenvalue weighted by atomic mass is 10.1. The molecule has 1 aliphatic heterocycles. The molecule has 1 aliphatic carbocycles. The van der Waals surface area contributed by atoms with Gasteiger partial charge in [-0.2, -0.15) is 0 Å². The Morgan fingerprint density at radius 3 is 2.68 bits per heavy atom. The SMILES string of the molecule is O=C(O)[C@@H]1CN(C(=O)[C@H]2C[C@@H]2c2ccccc2OC(F)(F)F)CCO1. The summed E-state index contributed by atoms with van der Waals surface area (Å²) in [5, 5.41) is 8.98. The number of carbonyl (C=O) groups is 2. The minimum absolute atomic E-state index is 0.0575. The number of nitrogens with zero attached hydrogens (tertiary/aromatic N) is 1. The number of carboxylic acid groups (broad SMARTS) is 1. The zero-order valence-electron chi connectivity index (χ0n) is 13.0. The maximum absolute atomic E-state index is 12.5. The molecule has 2 aliphatic rings. The molecule has 1 saturated heterocycles. The Balaban J connectivity index is 1.68. The molecule has 3 atom stereocenters. The Morgan fingerprint density at radius 1 is 1.28 bits per heavy atom. The van der Waals surface area contributed by atoms with Gasteiger partial charge in [-0.1, -0.05) is 18.2 Å². The van der Waals surface area contributed by atoms with Crippen LogP contribution in [0.4, 0.5) is 13.2 Å². The van der Waals surface area contributed by atoms with Crippen LogP contribution >= 0.6 is 0 Å². The highest BCUT2D eigenvalue weighted by atomic mass is 19.4. The van der Waals surface area contributed by atoms with E-state index >= 15 is 0 Å². The number of alkyl halides is 3. The summed E-state index contributed by atoms with van der Waals surface area (Å²) in [5.41, 5.74) is 0.334. The van der Waals surface area contributed by atoms with E-state index in [1.54, 1.807) is 6.07 Å². The first kappa shape index (κ1) is 17.5. The quantitative estimate of drug-likeness (QED) is 0.890. The fourth-order valence-corrected chi connectivity index (χ4v) is 3.05. The summed E-state index contributed by atoms with van der Waals surface area (Å²) in [6.07, 6.45) is -5.47. The summed E-state index contributed by atoms with van der Waals surface area (Å²) in [7, 11) is 0. The first-order chi connectivity index (χ1) is 11.8. The average molecular weight is 359 g/mol. The third kappa shape index (κ3) is 4.04. The van der Waals surface area contributed by atoms with Crippen LogP contribution in [0.5, 0.6) is 5.75 Å². The molecule has 1 aromatic carbocycles. The number of halogens is 3. The highest BCUT2D eigenvalue weighted by Gasteiger charge is 2.48. The first-order valence-corrected chi connectivity index (χ1v) is 7.74. The van der Waals surface area contributed by atoms with Crippen molar-refractivity contribution in [3.63, 3.8) is 0 Å². The lowest BCUT2D eigenvalue weighted by Crippen LogP contribution is -2.49. The van der Waals surface area contributed by atoms with Crippen molar-refractivity contribution in [2.75, 3.05) is 19.7 Å². The number of aliphatic carboxylic acids is 1. The molecule has 1 N–H and O–H groups in total. The fraction of sp³-hybridized carbons (Fsp3) is 0.500. The van der Waals surface area contributed by atoms with Crippen molar-refractivity contribution in [1.82, 2.24) is 4.90 Å². The van der Waals surface area contributed by atoms with Crippen LogP contribution in [0.25, 0.3) is 0 Å². The van der Waals surface area contributed by atoms with Gasteiger partial charge in [0.05, 0.1) is 13.2 Å². The minimum Gasteiger partial charge on any atom is -0.479 e. The van der Waals surface area contributed by atoms with E-state index in [4.69, 9.17) is 9.84 Å². The van der Waals surface area contributed by atoms with Gasteiger partial charge in [0.15, 0.2) is 6.10 Å². The van der Waals surface area contributed by atoms with Crippen molar-refractivity contribution in [2.45, 2.75) is 24.8 Å². The molecule has 2 fully saturated rings. The lowest BCUT2D eigenvalue weighted by molar-refractivity contribution is -0.274. The highest BCUT2D eigenvalue weighted by molar-refractivity contribution is 5.84. The monoisotopic (exact) mass is 359 g/mol. The third-order valence-corrected chi connectivity index (χ3v) is 4.31. The van der Waals surface area contributed by atoms with Crippen molar-refractivity contribution in [2.24, 2.45) is 5.92 Å². The summed E-state index contributed by atoms with van der Waals surface area (Å²) < 4.78 is 46.6. The van der Waals surface area contributed by atoms with Gasteiger partial charge in [-0.15, -0.1) is 13.2 Å². The molecule has 0 radical (unpaired) electrons. The molecule has 3 rings (SSSR count). The van der Waals surface area contributed by atoms with Gasteiger partial charge in [-0.05, 0) is 24.0 Å². The van der Waals surface area contributed by atoms with Crippen LogP contribution in [0.1, 0.15) is 17.9 Å². The largest absolute Gasteiger partial charge is 0.573 e. The van der Waals surface area contributed by atoms with Crippen LogP contribution in [0.2, 0.25) is 0 Å². The van der Waals surface area contributed by atoms with E-state index < -0.39 is 24.4 Å². The fourth-order valence-electron chi connectivity index (χ4n) is 3.05. The van der Waals surface area contributed by atoms with Gasteiger partial charge in [0.2, 0.25) is 5.91 Å². The zero-order valence-corrected chi connectivity index (χ0v) is 13.0. The number of amides is 1. The van der Waals surface area contributed by atoms with E-state index in [1.165, 1.54) is 23.1 Å². The second-order valence-electron chi connectivity index (χ2n) is 6.02. The Labute approximate surface area is 141 Å². The minimum atomic E-state index is -4.80. The number of para-hydroxylation sites is 1. The normalized spacial score (nSPS) is 26.2. The molecule has 9 heteroatoms. The van der Waals surface area contributed by atoms with E-state index in [9.17, 15) is 22.8 Å². The summed E-state index contributed by atoms with van der Waals surface area (Å²) >= 11 is 0. The average Bonchev–Trinajstić information content (AvgIpc) is 3.33. The highest BCUT2D eigenvalue weighted by Crippen LogP contribution is 2.51. The molecule has 1 heterocycles. The number of hydrogen-bond donors (Lipinski definition) is 1. The van der Waals surface area contributed by atoms with Crippen molar-refractivity contribution >= 4 is 11.9 Å². The Bertz CT molecular complexity index is 678. The van der Waals surface area contributed by atoms with E-state index in [0.717, 1.165) is 0 Å². The molecule has 1 amide bonds. The van der Waals surface area contributed by atoms with E-state index in [2.05, 4.69) is 4.74 Å². The van der Waals surface area contributed by atoms with Crippen LogP contribution in [-0.2, 0) is 14.3 Å². The molecular formula is C16H16F3NO5. The van der Waals surface area contributed by atoms with Crippen molar-refractivity contribution in [3.8, 4) is 5.75 Å². The van der Waals surface area contributed by atoms with E-state index in [-0.39, 0.29) is 37.3 Å². The van der Waals surface area contributed by atoms with E-state index in [0.29, 0.717) is 12.0 Å². The Hall–Kier alpha value is -2.29. The molecule has 1 saturated carbocycles. The van der Waals surface area contributed by atoms with Gasteiger partial charge >= 0.3 is 12.3 Å². The standard InChI is InChI=1S/C16H16F3NO5/c17-16(18,19)25-12-4-2-1-3-9(12)10-7-11(10)14(21)20-5-6-24-13(8-20)15(22)23/h1-4,10-11,13H,5-8H2,(H,22,23)/t10-,11+,13+/m1/s1. The predicted molar refractivity (Wildman–Crippen MR) is 77.9 cm³/mol. The molecule has 25 heavy (non-hydrogen) atoms. The number of rotatable bonds is 4. The smallest absolute Gasteiger partial charge is 0.479 e. The molecule has 0 aromatic heterocycles.